The van der Waals surface area contributed by atoms with E-state index >= 15 is 0 Å². The minimum atomic E-state index is -1.08. The number of pyridine rings is 2. The molecule has 5 nitrogen and oxygen atoms in total. The van der Waals surface area contributed by atoms with Crippen LogP contribution >= 0.6 is 11.6 Å². The first-order valence-electron chi connectivity index (χ1n) is 6.17. The summed E-state index contributed by atoms with van der Waals surface area (Å²) >= 11 is 5.77. The van der Waals surface area contributed by atoms with Gasteiger partial charge in [-0.15, -0.1) is 0 Å². The number of carbonyl (C=O) groups is 1. The molecule has 2 aromatic heterocycles. The SMILES string of the molecule is CCc1cccnc1CNc1cc(C(=O)O)c(Cl)cn1. The standard InChI is InChI=1S/C14H14ClN3O2/c1-2-9-4-3-5-16-12(9)8-18-13-6-10(14(19)20)11(15)7-17-13/h3-7H,2,8H2,1H3,(H,17,18)(H,19,20). The maximum atomic E-state index is 11.0. The van der Waals surface area contributed by atoms with Crippen molar-refractivity contribution in [1.82, 2.24) is 9.97 Å². The number of hydrogen-bond donors (Lipinski definition) is 2. The van der Waals surface area contributed by atoms with E-state index in [0.717, 1.165) is 17.7 Å². The van der Waals surface area contributed by atoms with Crippen LogP contribution in [0.4, 0.5) is 5.82 Å². The first kappa shape index (κ1) is 14.3. The van der Waals surface area contributed by atoms with Crippen molar-refractivity contribution in [2.45, 2.75) is 19.9 Å². The molecule has 20 heavy (non-hydrogen) atoms. The Morgan fingerprint density at radius 3 is 2.95 bits per heavy atom. The molecule has 0 radical (unpaired) electrons. The van der Waals surface area contributed by atoms with E-state index in [2.05, 4.69) is 22.2 Å². The Hall–Kier alpha value is -2.14. The summed E-state index contributed by atoms with van der Waals surface area (Å²) < 4.78 is 0. The molecule has 0 amide bonds. The van der Waals surface area contributed by atoms with Gasteiger partial charge >= 0.3 is 5.97 Å². The van der Waals surface area contributed by atoms with Gasteiger partial charge in [0.05, 0.1) is 22.8 Å². The lowest BCUT2D eigenvalue weighted by molar-refractivity contribution is 0.0697. The zero-order chi connectivity index (χ0) is 14.5. The van der Waals surface area contributed by atoms with Crippen molar-refractivity contribution < 1.29 is 9.90 Å². The summed E-state index contributed by atoms with van der Waals surface area (Å²) in [5.74, 6) is -0.618. The molecule has 0 aliphatic rings. The average Bonchev–Trinajstić information content (AvgIpc) is 2.46. The van der Waals surface area contributed by atoms with Crippen LogP contribution < -0.4 is 5.32 Å². The van der Waals surface area contributed by atoms with Crippen molar-refractivity contribution in [2.24, 2.45) is 0 Å². The number of aromatic nitrogens is 2. The third-order valence-electron chi connectivity index (χ3n) is 2.89. The second kappa shape index (κ2) is 6.34. The van der Waals surface area contributed by atoms with Crippen LogP contribution in [-0.2, 0) is 13.0 Å². The monoisotopic (exact) mass is 291 g/mol. The summed E-state index contributed by atoms with van der Waals surface area (Å²) in [5.41, 5.74) is 2.09. The number of hydrogen-bond acceptors (Lipinski definition) is 4. The van der Waals surface area contributed by atoms with Crippen LogP contribution in [0.2, 0.25) is 5.02 Å². The lowest BCUT2D eigenvalue weighted by atomic mass is 10.1. The van der Waals surface area contributed by atoms with Gasteiger partial charge in [-0.25, -0.2) is 9.78 Å². The Morgan fingerprint density at radius 1 is 1.45 bits per heavy atom. The second-order valence-electron chi connectivity index (χ2n) is 4.17. The van der Waals surface area contributed by atoms with Gasteiger partial charge in [-0.1, -0.05) is 24.6 Å². The van der Waals surface area contributed by atoms with Crippen molar-refractivity contribution in [2.75, 3.05) is 5.32 Å². The summed E-state index contributed by atoms with van der Waals surface area (Å²) in [6.45, 7) is 2.54. The van der Waals surface area contributed by atoms with Gasteiger partial charge in [0.15, 0.2) is 0 Å². The van der Waals surface area contributed by atoms with E-state index in [9.17, 15) is 4.79 Å². The summed E-state index contributed by atoms with van der Waals surface area (Å²) in [6, 6.07) is 5.33. The molecule has 6 heteroatoms. The molecule has 0 bridgehead atoms. The minimum absolute atomic E-state index is 0.0286. The largest absolute Gasteiger partial charge is 0.478 e. The quantitative estimate of drug-likeness (QED) is 0.886. The number of nitrogens with zero attached hydrogens (tertiary/aromatic N) is 2. The van der Waals surface area contributed by atoms with Gasteiger partial charge in [-0.3, -0.25) is 4.98 Å². The molecule has 0 unspecified atom stereocenters. The van der Waals surface area contributed by atoms with Crippen LogP contribution in [0.25, 0.3) is 0 Å². The van der Waals surface area contributed by atoms with E-state index in [1.807, 2.05) is 12.1 Å². The van der Waals surface area contributed by atoms with Gasteiger partial charge in [0, 0.05) is 12.4 Å². The fourth-order valence-corrected chi connectivity index (χ4v) is 2.01. The van der Waals surface area contributed by atoms with E-state index in [-0.39, 0.29) is 10.6 Å². The molecule has 0 saturated heterocycles. The molecule has 0 saturated carbocycles. The predicted octanol–water partition coefficient (Wildman–Crippen LogP) is 3.00. The normalized spacial score (nSPS) is 10.3. The summed E-state index contributed by atoms with van der Waals surface area (Å²) in [7, 11) is 0. The smallest absolute Gasteiger partial charge is 0.337 e. The number of nitrogens with one attached hydrogen (secondary N) is 1. The molecule has 2 heterocycles. The first-order chi connectivity index (χ1) is 9.61. The molecule has 0 aliphatic carbocycles. The highest BCUT2D eigenvalue weighted by Crippen LogP contribution is 2.18. The Morgan fingerprint density at radius 2 is 2.25 bits per heavy atom. The predicted molar refractivity (Wildman–Crippen MR) is 77.1 cm³/mol. The molecule has 104 valence electrons. The first-order valence-corrected chi connectivity index (χ1v) is 6.55. The van der Waals surface area contributed by atoms with Crippen molar-refractivity contribution in [3.05, 3.63) is 52.4 Å². The van der Waals surface area contributed by atoms with Crippen LogP contribution in [0.15, 0.2) is 30.6 Å². The Labute approximate surface area is 121 Å². The Bertz CT molecular complexity index is 632. The van der Waals surface area contributed by atoms with Gasteiger partial charge < -0.3 is 10.4 Å². The van der Waals surface area contributed by atoms with Crippen molar-refractivity contribution in [3.63, 3.8) is 0 Å². The second-order valence-corrected chi connectivity index (χ2v) is 4.58. The fourth-order valence-electron chi connectivity index (χ4n) is 1.83. The highest BCUT2D eigenvalue weighted by molar-refractivity contribution is 6.33. The van der Waals surface area contributed by atoms with Gasteiger partial charge in [0.25, 0.3) is 0 Å². The minimum Gasteiger partial charge on any atom is -0.478 e. The van der Waals surface area contributed by atoms with Crippen LogP contribution in [0, 0.1) is 0 Å². The van der Waals surface area contributed by atoms with E-state index in [1.165, 1.54) is 12.3 Å². The molecule has 2 N–H and O–H groups in total. The highest BCUT2D eigenvalue weighted by Gasteiger charge is 2.10. The number of halogens is 1. The number of aryl methyl sites for hydroxylation is 1. The van der Waals surface area contributed by atoms with E-state index in [0.29, 0.717) is 12.4 Å². The van der Waals surface area contributed by atoms with Crippen molar-refractivity contribution >= 4 is 23.4 Å². The summed E-state index contributed by atoms with van der Waals surface area (Å²) in [6.07, 6.45) is 3.94. The Kier molecular flexibility index (Phi) is 4.53. The molecule has 0 fully saturated rings. The van der Waals surface area contributed by atoms with Crippen molar-refractivity contribution in [3.8, 4) is 0 Å². The molecule has 0 atom stereocenters. The fraction of sp³-hybridized carbons (Fsp3) is 0.214. The molecule has 2 rings (SSSR count). The van der Waals surface area contributed by atoms with Gasteiger partial charge in [0.1, 0.15) is 5.82 Å². The molecular formula is C14H14ClN3O2. The number of anilines is 1. The summed E-state index contributed by atoms with van der Waals surface area (Å²) in [5, 5.41) is 12.2. The van der Waals surface area contributed by atoms with E-state index in [1.54, 1.807) is 6.20 Å². The molecule has 2 aromatic rings. The van der Waals surface area contributed by atoms with E-state index in [4.69, 9.17) is 16.7 Å². The number of carboxylic acid groups (broad SMARTS) is 1. The number of aromatic carboxylic acids is 1. The zero-order valence-corrected chi connectivity index (χ0v) is 11.7. The molecule has 0 spiro atoms. The van der Waals surface area contributed by atoms with Gasteiger partial charge in [-0.2, -0.15) is 0 Å². The topological polar surface area (TPSA) is 75.1 Å². The average molecular weight is 292 g/mol. The van der Waals surface area contributed by atoms with Crippen molar-refractivity contribution in [1.29, 1.82) is 0 Å². The number of carboxylic acids is 1. The third kappa shape index (κ3) is 3.24. The lowest BCUT2D eigenvalue weighted by Gasteiger charge is -2.09. The molecule has 0 aliphatic heterocycles. The number of rotatable bonds is 5. The van der Waals surface area contributed by atoms with Crippen LogP contribution in [-0.4, -0.2) is 21.0 Å². The third-order valence-corrected chi connectivity index (χ3v) is 3.19. The maximum absolute atomic E-state index is 11.0. The molecular weight excluding hydrogens is 278 g/mol. The highest BCUT2D eigenvalue weighted by atomic mass is 35.5. The van der Waals surface area contributed by atoms with Gasteiger partial charge in [0.2, 0.25) is 0 Å². The van der Waals surface area contributed by atoms with E-state index < -0.39 is 5.97 Å². The van der Waals surface area contributed by atoms with Crippen LogP contribution in [0.5, 0.6) is 0 Å². The van der Waals surface area contributed by atoms with Crippen LogP contribution in [0.3, 0.4) is 0 Å². The maximum Gasteiger partial charge on any atom is 0.337 e. The summed E-state index contributed by atoms with van der Waals surface area (Å²) in [4.78, 5) is 19.4. The molecule has 0 aromatic carbocycles. The van der Waals surface area contributed by atoms with Crippen LogP contribution in [0.1, 0.15) is 28.5 Å². The lowest BCUT2D eigenvalue weighted by Crippen LogP contribution is -2.07. The zero-order valence-electron chi connectivity index (χ0n) is 10.9. The Balaban J connectivity index is 2.15. The van der Waals surface area contributed by atoms with Gasteiger partial charge in [-0.05, 0) is 24.1 Å².